The molecule has 0 bridgehead atoms. The molecule has 2 unspecified atom stereocenters. The Labute approximate surface area is 126 Å². The van der Waals surface area contributed by atoms with E-state index in [4.69, 9.17) is 11.6 Å². The van der Waals surface area contributed by atoms with E-state index in [0.717, 1.165) is 25.7 Å². The Kier molecular flexibility index (Phi) is 4.46. The van der Waals surface area contributed by atoms with Gasteiger partial charge in [-0.05, 0) is 35.8 Å². The van der Waals surface area contributed by atoms with E-state index in [2.05, 4.69) is 20.8 Å². The summed E-state index contributed by atoms with van der Waals surface area (Å²) >= 11 is 5.85. The van der Waals surface area contributed by atoms with Crippen molar-refractivity contribution in [1.82, 2.24) is 0 Å². The zero-order valence-corrected chi connectivity index (χ0v) is 13.3. The average Bonchev–Trinajstić information content (AvgIpc) is 2.34. The van der Waals surface area contributed by atoms with Crippen LogP contribution in [0.15, 0.2) is 18.2 Å². The predicted octanol–water partition coefficient (Wildman–Crippen LogP) is 4.99. The van der Waals surface area contributed by atoms with Crippen LogP contribution in [0.5, 0.6) is 0 Å². The maximum absolute atomic E-state index is 14.1. The van der Waals surface area contributed by atoms with Crippen molar-refractivity contribution in [3.05, 3.63) is 34.6 Å². The van der Waals surface area contributed by atoms with Gasteiger partial charge in [0.2, 0.25) is 0 Å². The van der Waals surface area contributed by atoms with E-state index in [1.54, 1.807) is 18.2 Å². The van der Waals surface area contributed by atoms with Crippen LogP contribution in [-0.2, 0) is 6.42 Å². The van der Waals surface area contributed by atoms with Crippen LogP contribution in [-0.4, -0.2) is 10.7 Å². The largest absolute Gasteiger partial charge is 0.389 e. The van der Waals surface area contributed by atoms with Crippen molar-refractivity contribution in [2.75, 3.05) is 0 Å². The second-order valence-electron chi connectivity index (χ2n) is 7.16. The van der Waals surface area contributed by atoms with Gasteiger partial charge in [-0.3, -0.25) is 0 Å². The third-order valence-corrected chi connectivity index (χ3v) is 4.87. The van der Waals surface area contributed by atoms with Gasteiger partial charge in [0.15, 0.2) is 0 Å². The standard InChI is InChI=1S/C17H24ClFO/c1-16(2,3)14-9-4-5-10-17(14,20)11-12-7-6-8-13(18)15(12)19/h6-8,14,20H,4-5,9-11H2,1-3H3. The van der Waals surface area contributed by atoms with Crippen molar-refractivity contribution in [1.29, 1.82) is 0 Å². The van der Waals surface area contributed by atoms with Crippen molar-refractivity contribution < 1.29 is 9.50 Å². The van der Waals surface area contributed by atoms with Crippen molar-refractivity contribution >= 4 is 11.6 Å². The molecule has 0 amide bonds. The average molecular weight is 299 g/mol. The van der Waals surface area contributed by atoms with Gasteiger partial charge < -0.3 is 5.11 Å². The molecule has 3 heteroatoms. The van der Waals surface area contributed by atoms with Crippen LogP contribution in [0, 0.1) is 17.2 Å². The second kappa shape index (κ2) is 5.65. The number of aliphatic hydroxyl groups is 1. The van der Waals surface area contributed by atoms with E-state index >= 15 is 0 Å². The maximum atomic E-state index is 14.1. The maximum Gasteiger partial charge on any atom is 0.145 e. The van der Waals surface area contributed by atoms with Crippen LogP contribution in [0.2, 0.25) is 5.02 Å². The van der Waals surface area contributed by atoms with Gasteiger partial charge in [0.25, 0.3) is 0 Å². The minimum Gasteiger partial charge on any atom is -0.389 e. The minimum absolute atomic E-state index is 0.0181. The Morgan fingerprint density at radius 3 is 2.70 bits per heavy atom. The summed E-state index contributed by atoms with van der Waals surface area (Å²) in [5.74, 6) is -0.206. The second-order valence-corrected chi connectivity index (χ2v) is 7.56. The fourth-order valence-corrected chi connectivity index (χ4v) is 3.88. The molecule has 1 nitrogen and oxygen atoms in total. The number of halogens is 2. The molecule has 0 spiro atoms. The summed E-state index contributed by atoms with van der Waals surface area (Å²) in [6.45, 7) is 6.47. The Hall–Kier alpha value is -0.600. The zero-order valence-electron chi connectivity index (χ0n) is 12.5. The van der Waals surface area contributed by atoms with Gasteiger partial charge in [-0.2, -0.15) is 0 Å². The molecule has 0 radical (unpaired) electrons. The summed E-state index contributed by atoms with van der Waals surface area (Å²) in [4.78, 5) is 0. The fourth-order valence-electron chi connectivity index (χ4n) is 3.69. The van der Waals surface area contributed by atoms with Gasteiger partial charge in [-0.1, -0.05) is 57.3 Å². The lowest BCUT2D eigenvalue weighted by atomic mass is 9.62. The molecular weight excluding hydrogens is 275 g/mol. The molecule has 112 valence electrons. The molecule has 0 heterocycles. The highest BCUT2D eigenvalue weighted by atomic mass is 35.5. The van der Waals surface area contributed by atoms with E-state index in [1.807, 2.05) is 0 Å². The Morgan fingerprint density at radius 2 is 2.05 bits per heavy atom. The van der Waals surface area contributed by atoms with Gasteiger partial charge in [-0.25, -0.2) is 4.39 Å². The molecule has 1 saturated carbocycles. The highest BCUT2D eigenvalue weighted by molar-refractivity contribution is 6.30. The molecule has 0 saturated heterocycles. The van der Waals surface area contributed by atoms with Crippen molar-refractivity contribution in [2.24, 2.45) is 11.3 Å². The highest BCUT2D eigenvalue weighted by Crippen LogP contribution is 2.46. The molecule has 2 rings (SSSR count). The van der Waals surface area contributed by atoms with E-state index < -0.39 is 5.60 Å². The van der Waals surface area contributed by atoms with Crippen molar-refractivity contribution in [3.8, 4) is 0 Å². The lowest BCUT2D eigenvalue weighted by Gasteiger charge is -2.47. The Balaban J connectivity index is 2.30. The van der Waals surface area contributed by atoms with Crippen molar-refractivity contribution in [2.45, 2.75) is 58.5 Å². The first-order valence-electron chi connectivity index (χ1n) is 7.39. The van der Waals surface area contributed by atoms with Gasteiger partial charge in [0, 0.05) is 6.42 Å². The van der Waals surface area contributed by atoms with Crippen molar-refractivity contribution in [3.63, 3.8) is 0 Å². The van der Waals surface area contributed by atoms with Gasteiger partial charge in [0.05, 0.1) is 10.6 Å². The van der Waals surface area contributed by atoms with E-state index in [9.17, 15) is 9.50 Å². The van der Waals surface area contributed by atoms with E-state index in [-0.39, 0.29) is 22.2 Å². The molecule has 0 aliphatic heterocycles. The molecule has 1 aliphatic rings. The summed E-state index contributed by atoms with van der Waals surface area (Å²) < 4.78 is 14.1. The topological polar surface area (TPSA) is 20.2 Å². The first kappa shape index (κ1) is 15.8. The Bertz CT molecular complexity index is 480. The van der Waals surface area contributed by atoms with Crippen LogP contribution in [0.4, 0.5) is 4.39 Å². The molecule has 20 heavy (non-hydrogen) atoms. The zero-order chi connectivity index (χ0) is 15.0. The number of rotatable bonds is 2. The summed E-state index contributed by atoms with van der Waals surface area (Å²) in [5.41, 5.74) is -0.289. The van der Waals surface area contributed by atoms with Gasteiger partial charge >= 0.3 is 0 Å². The molecular formula is C17H24ClFO. The normalized spacial score (nSPS) is 27.6. The van der Waals surface area contributed by atoms with E-state index in [1.165, 1.54) is 0 Å². The quantitative estimate of drug-likeness (QED) is 0.815. The predicted molar refractivity (Wildman–Crippen MR) is 81.5 cm³/mol. The molecule has 2 atom stereocenters. The van der Waals surface area contributed by atoms with Crippen LogP contribution in [0.25, 0.3) is 0 Å². The number of hydrogen-bond acceptors (Lipinski definition) is 1. The van der Waals surface area contributed by atoms with Gasteiger partial charge in [0.1, 0.15) is 5.82 Å². The minimum atomic E-state index is -0.831. The summed E-state index contributed by atoms with van der Waals surface area (Å²) in [7, 11) is 0. The van der Waals surface area contributed by atoms with Crippen LogP contribution in [0.3, 0.4) is 0 Å². The first-order valence-corrected chi connectivity index (χ1v) is 7.77. The SMILES string of the molecule is CC(C)(C)C1CCCCC1(O)Cc1cccc(Cl)c1F. The summed E-state index contributed by atoms with van der Waals surface area (Å²) in [5, 5.41) is 11.3. The molecule has 0 aromatic heterocycles. The summed E-state index contributed by atoms with van der Waals surface area (Å²) in [6.07, 6.45) is 4.23. The number of hydrogen-bond donors (Lipinski definition) is 1. The van der Waals surface area contributed by atoms with Crippen LogP contribution in [0.1, 0.15) is 52.0 Å². The lowest BCUT2D eigenvalue weighted by molar-refractivity contribution is -0.0893. The molecule has 1 aromatic carbocycles. The molecule has 1 aromatic rings. The molecule has 1 fully saturated rings. The molecule has 1 N–H and O–H groups in total. The monoisotopic (exact) mass is 298 g/mol. The summed E-state index contributed by atoms with van der Waals surface area (Å²) in [6, 6.07) is 5.03. The number of benzene rings is 1. The molecule has 1 aliphatic carbocycles. The third kappa shape index (κ3) is 3.17. The van der Waals surface area contributed by atoms with E-state index in [0.29, 0.717) is 12.0 Å². The highest BCUT2D eigenvalue weighted by Gasteiger charge is 2.45. The fraction of sp³-hybridized carbons (Fsp3) is 0.647. The third-order valence-electron chi connectivity index (χ3n) is 4.57. The smallest absolute Gasteiger partial charge is 0.145 e. The van der Waals surface area contributed by atoms with Gasteiger partial charge in [-0.15, -0.1) is 0 Å². The Morgan fingerprint density at radius 1 is 1.35 bits per heavy atom. The van der Waals surface area contributed by atoms with Crippen LogP contribution >= 0.6 is 11.6 Å². The lowest BCUT2D eigenvalue weighted by Crippen LogP contribution is -2.48. The van der Waals surface area contributed by atoms with Crippen LogP contribution < -0.4 is 0 Å². The first-order chi connectivity index (χ1) is 9.24.